The van der Waals surface area contributed by atoms with Crippen molar-refractivity contribution >= 4 is 33.2 Å². The Bertz CT molecular complexity index is 1010. The first-order chi connectivity index (χ1) is 10.9. The van der Waals surface area contributed by atoms with E-state index < -0.39 is 11.6 Å². The normalized spacial score (nSPS) is 11.8. The third-order valence-electron chi connectivity index (χ3n) is 3.62. The zero-order valence-electron chi connectivity index (χ0n) is 12.9. The first kappa shape index (κ1) is 15.5. The van der Waals surface area contributed by atoms with Gasteiger partial charge in [-0.25, -0.2) is 13.9 Å². The van der Waals surface area contributed by atoms with E-state index in [-0.39, 0.29) is 17.9 Å². The maximum absolute atomic E-state index is 12.7. The largest absolute Gasteiger partial charge is 0.368 e. The lowest BCUT2D eigenvalue weighted by atomic mass is 10.1. The highest BCUT2D eigenvalue weighted by Crippen LogP contribution is 2.17. The topological polar surface area (TPSA) is 104 Å². The first-order valence-corrected chi connectivity index (χ1v) is 8.16. The molecule has 3 heterocycles. The highest BCUT2D eigenvalue weighted by Gasteiger charge is 2.18. The van der Waals surface area contributed by atoms with Crippen LogP contribution in [0.5, 0.6) is 0 Å². The molecule has 122 valence electrons. The monoisotopic (exact) mass is 335 g/mol. The van der Waals surface area contributed by atoms with Crippen LogP contribution in [0.3, 0.4) is 0 Å². The molecule has 0 bridgehead atoms. The molecule has 2 N–H and O–H groups in total. The molecular formula is C14H17N5O3S. The Morgan fingerprint density at radius 1 is 1.39 bits per heavy atom. The van der Waals surface area contributed by atoms with Gasteiger partial charge in [0.2, 0.25) is 11.7 Å². The number of aryl methyl sites for hydroxylation is 1. The van der Waals surface area contributed by atoms with Crippen molar-refractivity contribution in [2.24, 2.45) is 11.7 Å². The number of carbonyl (C=O) groups is 1. The summed E-state index contributed by atoms with van der Waals surface area (Å²) in [5, 5.41) is 5.91. The number of hydrogen-bond donors (Lipinski definition) is 1. The van der Waals surface area contributed by atoms with Gasteiger partial charge in [0, 0.05) is 6.54 Å². The van der Waals surface area contributed by atoms with Crippen molar-refractivity contribution in [2.75, 3.05) is 0 Å². The van der Waals surface area contributed by atoms with Gasteiger partial charge in [-0.1, -0.05) is 13.8 Å². The van der Waals surface area contributed by atoms with Gasteiger partial charge in [-0.05, 0) is 23.8 Å². The Balaban J connectivity index is 2.34. The van der Waals surface area contributed by atoms with E-state index in [2.05, 4.69) is 18.9 Å². The summed E-state index contributed by atoms with van der Waals surface area (Å²) in [6.45, 7) is 4.26. The number of rotatable bonds is 5. The molecule has 1 amide bonds. The van der Waals surface area contributed by atoms with Crippen molar-refractivity contribution in [1.82, 2.24) is 18.7 Å². The van der Waals surface area contributed by atoms with Gasteiger partial charge >= 0.3 is 5.69 Å². The Kier molecular flexibility index (Phi) is 3.80. The zero-order valence-corrected chi connectivity index (χ0v) is 13.7. The second-order valence-corrected chi connectivity index (χ2v) is 6.73. The fourth-order valence-corrected chi connectivity index (χ4v) is 3.30. The lowest BCUT2D eigenvalue weighted by Gasteiger charge is -2.09. The molecule has 3 rings (SSSR count). The standard InChI is InChI=1S/C14H17N5O3S/c1-8(2)3-5-17-12(21)11-9(4-6-23-11)19-13(17)16-18(14(19)22)7-10(15)20/h4,6,8H,3,5,7H2,1-2H3,(H2,15,20). The fourth-order valence-electron chi connectivity index (χ4n) is 2.47. The van der Waals surface area contributed by atoms with E-state index in [1.807, 2.05) is 0 Å². The van der Waals surface area contributed by atoms with Gasteiger partial charge in [0.05, 0.1) is 5.52 Å². The van der Waals surface area contributed by atoms with Crippen molar-refractivity contribution in [1.29, 1.82) is 0 Å². The number of carbonyl (C=O) groups excluding carboxylic acids is 1. The van der Waals surface area contributed by atoms with E-state index in [4.69, 9.17) is 5.73 Å². The number of nitrogens with two attached hydrogens (primary N) is 1. The molecule has 0 saturated heterocycles. The maximum Gasteiger partial charge on any atom is 0.352 e. The van der Waals surface area contributed by atoms with Crippen LogP contribution in [0.1, 0.15) is 20.3 Å². The summed E-state index contributed by atoms with van der Waals surface area (Å²) < 4.78 is 4.37. The Labute approximate surface area is 134 Å². The SMILES string of the molecule is CC(C)CCn1c(=O)c2sccc2n2c(=O)n(CC(N)=O)nc12. The summed E-state index contributed by atoms with van der Waals surface area (Å²) in [4.78, 5) is 36.3. The quantitative estimate of drug-likeness (QED) is 0.729. The average molecular weight is 335 g/mol. The first-order valence-electron chi connectivity index (χ1n) is 7.28. The molecule has 8 nitrogen and oxygen atoms in total. The third-order valence-corrected chi connectivity index (χ3v) is 4.52. The molecule has 0 aliphatic heterocycles. The highest BCUT2D eigenvalue weighted by molar-refractivity contribution is 7.17. The summed E-state index contributed by atoms with van der Waals surface area (Å²) in [6, 6.07) is 1.71. The summed E-state index contributed by atoms with van der Waals surface area (Å²) in [6.07, 6.45) is 0.781. The van der Waals surface area contributed by atoms with Gasteiger partial charge in [0.25, 0.3) is 5.56 Å². The minimum atomic E-state index is -0.659. The predicted octanol–water partition coefficient (Wildman–Crippen LogP) is 0.404. The average Bonchev–Trinajstić information content (AvgIpc) is 3.04. The summed E-state index contributed by atoms with van der Waals surface area (Å²) in [5.74, 6) is -0.0126. The smallest absolute Gasteiger partial charge is 0.352 e. The molecule has 0 aliphatic rings. The minimum absolute atomic E-state index is 0.167. The molecule has 0 saturated carbocycles. The molecule has 3 aromatic rings. The van der Waals surface area contributed by atoms with Crippen LogP contribution < -0.4 is 17.0 Å². The van der Waals surface area contributed by atoms with E-state index >= 15 is 0 Å². The van der Waals surface area contributed by atoms with Crippen LogP contribution in [0.25, 0.3) is 16.0 Å². The molecule has 0 radical (unpaired) electrons. The van der Waals surface area contributed by atoms with E-state index in [1.54, 1.807) is 11.4 Å². The van der Waals surface area contributed by atoms with Gasteiger partial charge in [0.1, 0.15) is 11.2 Å². The highest BCUT2D eigenvalue weighted by atomic mass is 32.1. The van der Waals surface area contributed by atoms with Crippen molar-refractivity contribution in [3.05, 3.63) is 32.3 Å². The van der Waals surface area contributed by atoms with Gasteiger partial charge < -0.3 is 5.73 Å². The number of nitrogens with zero attached hydrogens (tertiary/aromatic N) is 4. The van der Waals surface area contributed by atoms with Gasteiger partial charge in [-0.3, -0.25) is 14.2 Å². The van der Waals surface area contributed by atoms with E-state index in [1.165, 1.54) is 20.3 Å². The fraction of sp³-hybridized carbons (Fsp3) is 0.429. The van der Waals surface area contributed by atoms with Crippen LogP contribution in [0, 0.1) is 5.92 Å². The number of thiophene rings is 1. The predicted molar refractivity (Wildman–Crippen MR) is 87.7 cm³/mol. The summed E-state index contributed by atoms with van der Waals surface area (Å²) >= 11 is 1.29. The van der Waals surface area contributed by atoms with Crippen molar-refractivity contribution in [3.8, 4) is 0 Å². The van der Waals surface area contributed by atoms with Crippen LogP contribution in [-0.4, -0.2) is 24.7 Å². The third kappa shape index (κ3) is 2.56. The Hall–Kier alpha value is -2.42. The molecule has 0 aromatic carbocycles. The van der Waals surface area contributed by atoms with Crippen LogP contribution in [0.15, 0.2) is 21.0 Å². The summed E-state index contributed by atoms with van der Waals surface area (Å²) in [5.41, 5.74) is 5.03. The molecule has 0 unspecified atom stereocenters. The molecule has 3 aromatic heterocycles. The van der Waals surface area contributed by atoms with Gasteiger partial charge in [-0.15, -0.1) is 16.4 Å². The number of aromatic nitrogens is 4. The van der Waals surface area contributed by atoms with E-state index in [9.17, 15) is 14.4 Å². The van der Waals surface area contributed by atoms with Crippen molar-refractivity contribution < 1.29 is 4.79 Å². The molecular weight excluding hydrogens is 318 g/mol. The Morgan fingerprint density at radius 3 is 2.78 bits per heavy atom. The number of fused-ring (bicyclic) bond motifs is 3. The van der Waals surface area contributed by atoms with Gasteiger partial charge in [0.15, 0.2) is 0 Å². The molecule has 0 atom stereocenters. The maximum atomic E-state index is 12.7. The lowest BCUT2D eigenvalue weighted by molar-refractivity contribution is -0.118. The zero-order chi connectivity index (χ0) is 16.7. The molecule has 0 fully saturated rings. The van der Waals surface area contributed by atoms with Crippen molar-refractivity contribution in [3.63, 3.8) is 0 Å². The van der Waals surface area contributed by atoms with Crippen LogP contribution >= 0.6 is 11.3 Å². The van der Waals surface area contributed by atoms with Crippen LogP contribution in [0.2, 0.25) is 0 Å². The molecule has 9 heteroatoms. The van der Waals surface area contributed by atoms with E-state index in [0.717, 1.165) is 11.1 Å². The molecule has 0 spiro atoms. The summed E-state index contributed by atoms with van der Waals surface area (Å²) in [7, 11) is 0. The second-order valence-electron chi connectivity index (χ2n) is 5.82. The molecule has 0 aliphatic carbocycles. The molecule has 23 heavy (non-hydrogen) atoms. The minimum Gasteiger partial charge on any atom is -0.368 e. The number of primary amides is 1. The van der Waals surface area contributed by atoms with E-state index in [0.29, 0.717) is 22.7 Å². The number of amides is 1. The lowest BCUT2D eigenvalue weighted by Crippen LogP contribution is -2.29. The van der Waals surface area contributed by atoms with Gasteiger partial charge in [-0.2, -0.15) is 0 Å². The Morgan fingerprint density at radius 2 is 2.13 bits per heavy atom. The number of hydrogen-bond acceptors (Lipinski definition) is 5. The van der Waals surface area contributed by atoms with Crippen LogP contribution in [-0.2, 0) is 17.9 Å². The van der Waals surface area contributed by atoms with Crippen molar-refractivity contribution in [2.45, 2.75) is 33.4 Å². The second kappa shape index (κ2) is 5.65. The van der Waals surface area contributed by atoms with Crippen LogP contribution in [0.4, 0.5) is 0 Å².